The summed E-state index contributed by atoms with van der Waals surface area (Å²) in [7, 11) is 0. The molecule has 0 atom stereocenters. The summed E-state index contributed by atoms with van der Waals surface area (Å²) in [5.41, 5.74) is 7.87. The Labute approximate surface area is 197 Å². The normalized spacial score (nSPS) is 11.4. The summed E-state index contributed by atoms with van der Waals surface area (Å²) in [6.45, 7) is 1.98. The number of nitrogens with one attached hydrogen (secondary N) is 1. The fourth-order valence-electron chi connectivity index (χ4n) is 2.89. The van der Waals surface area contributed by atoms with Gasteiger partial charge in [0.2, 0.25) is 0 Å². The number of benzene rings is 3. The summed E-state index contributed by atoms with van der Waals surface area (Å²) in [5, 5.41) is 4.54. The molecule has 148 valence electrons. The van der Waals surface area contributed by atoms with Crippen molar-refractivity contribution in [1.29, 1.82) is 0 Å². The van der Waals surface area contributed by atoms with Gasteiger partial charge in [-0.25, -0.2) is 9.97 Å². The molecule has 0 bridgehead atoms. The molecule has 0 aliphatic rings. The van der Waals surface area contributed by atoms with E-state index in [1.54, 1.807) is 0 Å². The van der Waals surface area contributed by atoms with Crippen molar-refractivity contribution in [2.24, 2.45) is 5.10 Å². The lowest BCUT2D eigenvalue weighted by Crippen LogP contribution is -2.03. The Hall–Kier alpha value is -2.58. The molecule has 1 N–H and O–H groups in total. The van der Waals surface area contributed by atoms with Gasteiger partial charge in [-0.2, -0.15) is 5.10 Å². The first-order valence-electron chi connectivity index (χ1n) is 9.35. The fraction of sp³-hybridized carbons (Fsp3) is 0.0417. The smallest absolute Gasteiger partial charge is 0.162 e. The van der Waals surface area contributed by atoms with Crippen LogP contribution in [0.1, 0.15) is 12.5 Å². The number of hydrogen-bond acceptors (Lipinski definition) is 4. The van der Waals surface area contributed by atoms with Gasteiger partial charge in [0, 0.05) is 25.2 Å². The Morgan fingerprint density at radius 1 is 0.867 bits per heavy atom. The number of aromatic nitrogens is 2. The molecular formula is C24H18BrIN4. The minimum absolute atomic E-state index is 0.645. The third kappa shape index (κ3) is 5.12. The van der Waals surface area contributed by atoms with E-state index in [1.807, 2.05) is 67.6 Å². The van der Waals surface area contributed by atoms with E-state index in [0.29, 0.717) is 11.6 Å². The van der Waals surface area contributed by atoms with Crippen LogP contribution in [0.15, 0.2) is 94.5 Å². The summed E-state index contributed by atoms with van der Waals surface area (Å²) in [5.74, 6) is 1.29. The van der Waals surface area contributed by atoms with Crippen molar-refractivity contribution in [3.63, 3.8) is 0 Å². The molecule has 3 aromatic carbocycles. The van der Waals surface area contributed by atoms with Gasteiger partial charge in [0.15, 0.2) is 11.6 Å². The van der Waals surface area contributed by atoms with Crippen LogP contribution in [-0.4, -0.2) is 15.7 Å². The van der Waals surface area contributed by atoms with Crippen molar-refractivity contribution >= 4 is 50.1 Å². The van der Waals surface area contributed by atoms with Crippen LogP contribution in [0.4, 0.5) is 5.82 Å². The van der Waals surface area contributed by atoms with Crippen LogP contribution in [0.2, 0.25) is 0 Å². The highest BCUT2D eigenvalue weighted by Crippen LogP contribution is 2.25. The van der Waals surface area contributed by atoms with Crippen molar-refractivity contribution in [3.8, 4) is 22.6 Å². The average molecular weight is 569 g/mol. The molecule has 0 aliphatic heterocycles. The van der Waals surface area contributed by atoms with E-state index in [9.17, 15) is 0 Å². The maximum absolute atomic E-state index is 4.78. The average Bonchev–Trinajstić information content (AvgIpc) is 2.79. The number of anilines is 1. The van der Waals surface area contributed by atoms with Gasteiger partial charge in [-0.3, -0.25) is 5.43 Å². The lowest BCUT2D eigenvalue weighted by molar-refractivity contribution is 1.15. The zero-order valence-corrected chi connectivity index (χ0v) is 19.9. The molecule has 1 heterocycles. The quantitative estimate of drug-likeness (QED) is 0.160. The second-order valence-corrected chi connectivity index (χ2v) is 8.81. The van der Waals surface area contributed by atoms with Gasteiger partial charge in [0.1, 0.15) is 0 Å². The van der Waals surface area contributed by atoms with Crippen LogP contribution in [0, 0.1) is 3.57 Å². The van der Waals surface area contributed by atoms with Gasteiger partial charge in [0.05, 0.1) is 11.4 Å². The second kappa shape index (κ2) is 9.49. The minimum atomic E-state index is 0.645. The molecule has 0 fully saturated rings. The van der Waals surface area contributed by atoms with E-state index in [1.165, 1.54) is 3.57 Å². The van der Waals surface area contributed by atoms with Gasteiger partial charge in [-0.1, -0.05) is 70.5 Å². The van der Waals surface area contributed by atoms with Crippen molar-refractivity contribution in [2.45, 2.75) is 6.92 Å². The van der Waals surface area contributed by atoms with E-state index in [4.69, 9.17) is 9.97 Å². The number of rotatable bonds is 5. The maximum Gasteiger partial charge on any atom is 0.162 e. The summed E-state index contributed by atoms with van der Waals surface area (Å²) >= 11 is 5.77. The van der Waals surface area contributed by atoms with Crippen molar-refractivity contribution in [2.75, 3.05) is 5.43 Å². The molecule has 0 radical (unpaired) electrons. The Morgan fingerprint density at radius 2 is 1.57 bits per heavy atom. The van der Waals surface area contributed by atoms with Crippen LogP contribution in [0.5, 0.6) is 0 Å². The van der Waals surface area contributed by atoms with Crippen LogP contribution < -0.4 is 5.43 Å². The van der Waals surface area contributed by atoms with Gasteiger partial charge in [-0.05, 0) is 59.3 Å². The molecule has 0 saturated carbocycles. The van der Waals surface area contributed by atoms with E-state index in [0.717, 1.165) is 32.6 Å². The standard InChI is InChI=1S/C24H18BrIN4/c1-16(17-9-13-21(26)14-10-17)29-30-23-15-22(18-5-3-2-4-6-18)27-24(28-23)19-7-11-20(25)12-8-19/h2-15H,1H3,(H,27,28,30). The van der Waals surface area contributed by atoms with Crippen LogP contribution in [0.25, 0.3) is 22.6 Å². The lowest BCUT2D eigenvalue weighted by Gasteiger charge is -2.09. The van der Waals surface area contributed by atoms with Crippen molar-refractivity contribution in [3.05, 3.63) is 98.5 Å². The molecule has 0 aliphatic carbocycles. The van der Waals surface area contributed by atoms with E-state index < -0.39 is 0 Å². The zero-order valence-electron chi connectivity index (χ0n) is 16.2. The highest BCUT2D eigenvalue weighted by atomic mass is 127. The van der Waals surface area contributed by atoms with Crippen LogP contribution in [0.3, 0.4) is 0 Å². The summed E-state index contributed by atoms with van der Waals surface area (Å²) < 4.78 is 2.21. The highest BCUT2D eigenvalue weighted by Gasteiger charge is 2.09. The predicted octanol–water partition coefficient (Wildman–Crippen LogP) is 7.01. The van der Waals surface area contributed by atoms with Gasteiger partial charge in [-0.15, -0.1) is 0 Å². The molecule has 0 amide bonds. The van der Waals surface area contributed by atoms with E-state index in [2.05, 4.69) is 73.3 Å². The Bertz CT molecular complexity index is 1170. The third-order valence-electron chi connectivity index (χ3n) is 4.50. The Kier molecular flexibility index (Phi) is 6.54. The first-order chi connectivity index (χ1) is 14.6. The zero-order chi connectivity index (χ0) is 20.9. The maximum atomic E-state index is 4.78. The molecule has 0 spiro atoms. The molecule has 6 heteroatoms. The first-order valence-corrected chi connectivity index (χ1v) is 11.2. The third-order valence-corrected chi connectivity index (χ3v) is 5.75. The van der Waals surface area contributed by atoms with Crippen LogP contribution in [-0.2, 0) is 0 Å². The SMILES string of the molecule is CC(=NNc1cc(-c2ccccc2)nc(-c2ccc(Br)cc2)n1)c1ccc(I)cc1. The second-order valence-electron chi connectivity index (χ2n) is 6.65. The molecule has 1 aromatic heterocycles. The van der Waals surface area contributed by atoms with Crippen molar-refractivity contribution < 1.29 is 0 Å². The number of hydrazone groups is 1. The minimum Gasteiger partial charge on any atom is -0.261 e. The Balaban J connectivity index is 1.71. The Morgan fingerprint density at radius 3 is 2.27 bits per heavy atom. The van der Waals surface area contributed by atoms with Gasteiger partial charge >= 0.3 is 0 Å². The molecule has 30 heavy (non-hydrogen) atoms. The molecule has 4 rings (SSSR count). The van der Waals surface area contributed by atoms with Gasteiger partial charge < -0.3 is 0 Å². The lowest BCUT2D eigenvalue weighted by atomic mass is 10.1. The van der Waals surface area contributed by atoms with E-state index in [-0.39, 0.29) is 0 Å². The molecular weight excluding hydrogens is 551 g/mol. The predicted molar refractivity (Wildman–Crippen MR) is 136 cm³/mol. The number of hydrogen-bond donors (Lipinski definition) is 1. The number of halogens is 2. The van der Waals surface area contributed by atoms with Crippen LogP contribution >= 0.6 is 38.5 Å². The molecule has 4 nitrogen and oxygen atoms in total. The molecule has 4 aromatic rings. The molecule has 0 saturated heterocycles. The summed E-state index contributed by atoms with van der Waals surface area (Å²) in [6.07, 6.45) is 0. The van der Waals surface area contributed by atoms with Crippen molar-refractivity contribution in [1.82, 2.24) is 9.97 Å². The monoisotopic (exact) mass is 568 g/mol. The largest absolute Gasteiger partial charge is 0.261 e. The first kappa shape index (κ1) is 20.7. The fourth-order valence-corrected chi connectivity index (χ4v) is 3.51. The summed E-state index contributed by atoms with van der Waals surface area (Å²) in [4.78, 5) is 9.48. The van der Waals surface area contributed by atoms with E-state index >= 15 is 0 Å². The van der Waals surface area contributed by atoms with Gasteiger partial charge in [0.25, 0.3) is 0 Å². The number of nitrogens with zero attached hydrogens (tertiary/aromatic N) is 3. The topological polar surface area (TPSA) is 50.2 Å². The summed E-state index contributed by atoms with van der Waals surface area (Å²) in [6, 6.07) is 28.2. The highest BCUT2D eigenvalue weighted by molar-refractivity contribution is 14.1. The molecule has 0 unspecified atom stereocenters.